The fourth-order valence-electron chi connectivity index (χ4n) is 2.08. The zero-order valence-electron chi connectivity index (χ0n) is 10.1. The third-order valence-electron chi connectivity index (χ3n) is 2.92. The van der Waals surface area contributed by atoms with Gasteiger partial charge in [-0.1, -0.05) is 44.7 Å². The molecule has 0 amide bonds. The molecule has 0 saturated heterocycles. The first kappa shape index (κ1) is 12.5. The van der Waals surface area contributed by atoms with E-state index < -0.39 is 5.97 Å². The number of carboxylic acids is 1. The molecule has 2 heteroatoms. The number of hydrogen-bond acceptors (Lipinski definition) is 1. The molecule has 0 aliphatic heterocycles. The SMILES string of the molecule is C=Cc1cccc(C(C)(C)CC(=O)O)c1C. The van der Waals surface area contributed by atoms with Crippen molar-refractivity contribution in [2.24, 2.45) is 0 Å². The van der Waals surface area contributed by atoms with E-state index in [-0.39, 0.29) is 11.8 Å². The maximum absolute atomic E-state index is 10.8. The minimum absolute atomic E-state index is 0.133. The highest BCUT2D eigenvalue weighted by Gasteiger charge is 2.25. The van der Waals surface area contributed by atoms with Gasteiger partial charge in [0, 0.05) is 5.41 Å². The van der Waals surface area contributed by atoms with Crippen LogP contribution in [0.5, 0.6) is 0 Å². The van der Waals surface area contributed by atoms with Gasteiger partial charge >= 0.3 is 5.97 Å². The quantitative estimate of drug-likeness (QED) is 0.841. The maximum Gasteiger partial charge on any atom is 0.304 e. The average Bonchev–Trinajstić information content (AvgIpc) is 2.15. The van der Waals surface area contributed by atoms with Crippen LogP contribution < -0.4 is 0 Å². The predicted molar refractivity (Wildman–Crippen MR) is 66.5 cm³/mol. The third kappa shape index (κ3) is 2.51. The van der Waals surface area contributed by atoms with E-state index in [1.165, 1.54) is 0 Å². The van der Waals surface area contributed by atoms with Gasteiger partial charge in [-0.25, -0.2) is 0 Å². The van der Waals surface area contributed by atoms with Crippen molar-refractivity contribution in [3.63, 3.8) is 0 Å². The van der Waals surface area contributed by atoms with Crippen LogP contribution >= 0.6 is 0 Å². The van der Waals surface area contributed by atoms with Gasteiger partial charge in [0.1, 0.15) is 0 Å². The van der Waals surface area contributed by atoms with Crippen molar-refractivity contribution in [3.05, 3.63) is 41.5 Å². The molecule has 1 N–H and O–H groups in total. The Morgan fingerprint density at radius 1 is 1.50 bits per heavy atom. The van der Waals surface area contributed by atoms with Crippen molar-refractivity contribution in [1.82, 2.24) is 0 Å². The van der Waals surface area contributed by atoms with Crippen molar-refractivity contribution < 1.29 is 9.90 Å². The van der Waals surface area contributed by atoms with E-state index >= 15 is 0 Å². The summed E-state index contributed by atoms with van der Waals surface area (Å²) in [6, 6.07) is 5.93. The lowest BCUT2D eigenvalue weighted by Crippen LogP contribution is -2.23. The van der Waals surface area contributed by atoms with Gasteiger partial charge in [-0.05, 0) is 23.6 Å². The van der Waals surface area contributed by atoms with E-state index in [1.807, 2.05) is 39.0 Å². The zero-order valence-corrected chi connectivity index (χ0v) is 10.1. The molecule has 0 aromatic heterocycles. The summed E-state index contributed by atoms with van der Waals surface area (Å²) in [7, 11) is 0. The molecule has 0 bridgehead atoms. The Morgan fingerprint density at radius 3 is 2.62 bits per heavy atom. The van der Waals surface area contributed by atoms with Gasteiger partial charge in [-0.3, -0.25) is 4.79 Å². The molecule has 1 aromatic carbocycles. The lowest BCUT2D eigenvalue weighted by molar-refractivity contribution is -0.138. The monoisotopic (exact) mass is 218 g/mol. The van der Waals surface area contributed by atoms with Crippen molar-refractivity contribution in [1.29, 1.82) is 0 Å². The molecule has 16 heavy (non-hydrogen) atoms. The molecule has 0 atom stereocenters. The van der Waals surface area contributed by atoms with Crippen LogP contribution in [0, 0.1) is 6.92 Å². The highest BCUT2D eigenvalue weighted by Crippen LogP contribution is 2.31. The fourth-order valence-corrected chi connectivity index (χ4v) is 2.08. The highest BCUT2D eigenvalue weighted by atomic mass is 16.4. The average molecular weight is 218 g/mol. The van der Waals surface area contributed by atoms with Crippen LogP contribution in [-0.4, -0.2) is 11.1 Å². The number of carboxylic acid groups (broad SMARTS) is 1. The smallest absolute Gasteiger partial charge is 0.304 e. The van der Waals surface area contributed by atoms with E-state index in [0.29, 0.717) is 0 Å². The van der Waals surface area contributed by atoms with E-state index in [1.54, 1.807) is 6.08 Å². The lowest BCUT2D eigenvalue weighted by atomic mass is 9.78. The molecule has 86 valence electrons. The summed E-state index contributed by atoms with van der Waals surface area (Å²) >= 11 is 0. The number of rotatable bonds is 4. The van der Waals surface area contributed by atoms with Crippen LogP contribution in [0.25, 0.3) is 6.08 Å². The standard InChI is InChI=1S/C14H18O2/c1-5-11-7-6-8-12(10(11)2)14(3,4)9-13(15)16/h5-8H,1,9H2,2-4H3,(H,15,16). The molecule has 1 aromatic rings. The van der Waals surface area contributed by atoms with Gasteiger partial charge in [0.25, 0.3) is 0 Å². The van der Waals surface area contributed by atoms with Crippen LogP contribution in [0.4, 0.5) is 0 Å². The normalized spacial score (nSPS) is 11.2. The molecule has 2 nitrogen and oxygen atoms in total. The molecule has 0 spiro atoms. The Labute approximate surface area is 96.6 Å². The second-order valence-corrected chi connectivity index (χ2v) is 4.68. The Bertz CT molecular complexity index is 417. The number of carbonyl (C=O) groups is 1. The number of hydrogen-bond donors (Lipinski definition) is 1. The van der Waals surface area contributed by atoms with Crippen LogP contribution in [0.15, 0.2) is 24.8 Å². The fraction of sp³-hybridized carbons (Fsp3) is 0.357. The molecule has 0 aliphatic rings. The molecule has 1 rings (SSSR count). The molecule has 0 aliphatic carbocycles. The Kier molecular flexibility index (Phi) is 3.53. The second kappa shape index (κ2) is 4.52. The summed E-state index contributed by atoms with van der Waals surface area (Å²) < 4.78 is 0. The van der Waals surface area contributed by atoms with Crippen LogP contribution in [0.2, 0.25) is 0 Å². The van der Waals surface area contributed by atoms with Crippen molar-refractivity contribution in [3.8, 4) is 0 Å². The molecule has 0 unspecified atom stereocenters. The minimum atomic E-state index is -0.770. The first-order chi connectivity index (χ1) is 7.38. The molecule has 0 radical (unpaired) electrons. The Morgan fingerprint density at radius 2 is 2.12 bits per heavy atom. The molecule has 0 fully saturated rings. The molecule has 0 saturated carbocycles. The van der Waals surface area contributed by atoms with Gasteiger partial charge in [0.15, 0.2) is 0 Å². The van der Waals surface area contributed by atoms with Crippen LogP contribution in [-0.2, 0) is 10.2 Å². The Hall–Kier alpha value is -1.57. The summed E-state index contributed by atoms with van der Waals surface area (Å²) in [5.41, 5.74) is 2.90. The summed E-state index contributed by atoms with van der Waals surface area (Å²) in [4.78, 5) is 10.8. The largest absolute Gasteiger partial charge is 0.481 e. The minimum Gasteiger partial charge on any atom is -0.481 e. The van der Waals surface area contributed by atoms with E-state index in [0.717, 1.165) is 16.7 Å². The zero-order chi connectivity index (χ0) is 12.3. The van der Waals surface area contributed by atoms with E-state index in [9.17, 15) is 4.79 Å². The lowest BCUT2D eigenvalue weighted by Gasteiger charge is -2.26. The van der Waals surface area contributed by atoms with Gasteiger partial charge in [-0.2, -0.15) is 0 Å². The summed E-state index contributed by atoms with van der Waals surface area (Å²) in [6.07, 6.45) is 1.93. The van der Waals surface area contributed by atoms with Crippen molar-refractivity contribution >= 4 is 12.0 Å². The van der Waals surface area contributed by atoms with Gasteiger partial charge in [0.05, 0.1) is 6.42 Å². The molecular weight excluding hydrogens is 200 g/mol. The Balaban J connectivity index is 3.22. The first-order valence-corrected chi connectivity index (χ1v) is 5.33. The number of aliphatic carboxylic acids is 1. The van der Waals surface area contributed by atoms with Gasteiger partial charge in [-0.15, -0.1) is 0 Å². The topological polar surface area (TPSA) is 37.3 Å². The first-order valence-electron chi connectivity index (χ1n) is 5.33. The van der Waals surface area contributed by atoms with E-state index in [2.05, 4.69) is 6.58 Å². The molecule has 0 heterocycles. The maximum atomic E-state index is 10.8. The van der Waals surface area contributed by atoms with Crippen LogP contribution in [0.3, 0.4) is 0 Å². The van der Waals surface area contributed by atoms with Crippen molar-refractivity contribution in [2.45, 2.75) is 32.6 Å². The highest BCUT2D eigenvalue weighted by molar-refractivity contribution is 5.69. The predicted octanol–water partition coefficient (Wildman–Crippen LogP) is 3.39. The summed E-state index contributed by atoms with van der Waals surface area (Å²) in [5.74, 6) is -0.770. The summed E-state index contributed by atoms with van der Waals surface area (Å²) in [5, 5.41) is 8.91. The van der Waals surface area contributed by atoms with E-state index in [4.69, 9.17) is 5.11 Å². The van der Waals surface area contributed by atoms with Gasteiger partial charge < -0.3 is 5.11 Å². The van der Waals surface area contributed by atoms with Gasteiger partial charge in [0.2, 0.25) is 0 Å². The summed E-state index contributed by atoms with van der Waals surface area (Å²) in [6.45, 7) is 9.68. The second-order valence-electron chi connectivity index (χ2n) is 4.68. The van der Waals surface area contributed by atoms with Crippen LogP contribution in [0.1, 0.15) is 37.0 Å². The third-order valence-corrected chi connectivity index (χ3v) is 2.92. The van der Waals surface area contributed by atoms with Crippen molar-refractivity contribution in [2.75, 3.05) is 0 Å². The number of benzene rings is 1. The molecular formula is C14H18O2.